The summed E-state index contributed by atoms with van der Waals surface area (Å²) in [7, 11) is 0. The van der Waals surface area contributed by atoms with Gasteiger partial charge in [-0.25, -0.2) is 0 Å². The van der Waals surface area contributed by atoms with Crippen LogP contribution in [0.3, 0.4) is 0 Å². The lowest BCUT2D eigenvalue weighted by Gasteiger charge is -2.43. The normalized spacial score (nSPS) is 33.1. The number of nitrogens with two attached hydrogens (primary N) is 1. The van der Waals surface area contributed by atoms with Gasteiger partial charge in [-0.05, 0) is 70.1 Å². The van der Waals surface area contributed by atoms with Gasteiger partial charge in [0.25, 0.3) is 5.91 Å². The van der Waals surface area contributed by atoms with Gasteiger partial charge < -0.3 is 11.1 Å². The maximum atomic E-state index is 12.7. The second kappa shape index (κ2) is 4.73. The van der Waals surface area contributed by atoms with E-state index in [0.29, 0.717) is 11.3 Å². The number of halogens is 1. The van der Waals surface area contributed by atoms with Gasteiger partial charge in [-0.15, -0.1) is 0 Å². The summed E-state index contributed by atoms with van der Waals surface area (Å²) in [6.45, 7) is 6.91. The fourth-order valence-electron chi connectivity index (χ4n) is 4.59. The summed E-state index contributed by atoms with van der Waals surface area (Å²) in [4.78, 5) is 12.7. The van der Waals surface area contributed by atoms with Crippen LogP contribution in [0.4, 0.5) is 5.69 Å². The van der Waals surface area contributed by atoms with E-state index in [-0.39, 0.29) is 22.8 Å². The molecule has 3 rings (SSSR count). The molecule has 1 aromatic carbocycles. The van der Waals surface area contributed by atoms with Gasteiger partial charge in [-0.2, -0.15) is 0 Å². The van der Waals surface area contributed by atoms with Crippen LogP contribution in [0, 0.1) is 16.7 Å². The summed E-state index contributed by atoms with van der Waals surface area (Å²) in [6, 6.07) is 5.59. The first-order valence-corrected chi connectivity index (χ1v) is 8.39. The average Bonchev–Trinajstić information content (AvgIpc) is 2.88. The third-order valence-electron chi connectivity index (χ3n) is 5.78. The van der Waals surface area contributed by atoms with Gasteiger partial charge in [-0.1, -0.05) is 20.8 Å². The average molecular weight is 351 g/mol. The third-order valence-corrected chi connectivity index (χ3v) is 6.47. The van der Waals surface area contributed by atoms with Crippen LogP contribution in [0.2, 0.25) is 0 Å². The largest absolute Gasteiger partial charge is 0.399 e. The molecule has 3 atom stereocenters. The van der Waals surface area contributed by atoms with Gasteiger partial charge in [0.05, 0.1) is 5.56 Å². The quantitative estimate of drug-likeness (QED) is 0.792. The highest BCUT2D eigenvalue weighted by Crippen LogP contribution is 2.62. The smallest absolute Gasteiger partial charge is 0.252 e. The Labute approximate surface area is 134 Å². The minimum Gasteiger partial charge on any atom is -0.399 e. The molecule has 0 spiro atoms. The van der Waals surface area contributed by atoms with Crippen molar-refractivity contribution in [2.45, 2.75) is 46.1 Å². The summed E-state index contributed by atoms with van der Waals surface area (Å²) in [5.74, 6) is 0.693. The molecular formula is C17H23BrN2O. The number of nitrogen functional groups attached to an aromatic ring is 1. The van der Waals surface area contributed by atoms with E-state index < -0.39 is 0 Å². The minimum atomic E-state index is -0.0268. The first-order valence-electron chi connectivity index (χ1n) is 7.60. The highest BCUT2D eigenvalue weighted by molar-refractivity contribution is 9.10. The van der Waals surface area contributed by atoms with E-state index in [1.54, 1.807) is 12.1 Å². The summed E-state index contributed by atoms with van der Waals surface area (Å²) in [6.07, 6.45) is 3.73. The molecule has 21 heavy (non-hydrogen) atoms. The molecule has 1 aromatic rings. The molecule has 114 valence electrons. The third kappa shape index (κ3) is 2.28. The van der Waals surface area contributed by atoms with Crippen molar-refractivity contribution < 1.29 is 4.79 Å². The molecule has 3 nitrogen and oxygen atoms in total. The second-order valence-corrected chi connectivity index (χ2v) is 8.42. The highest BCUT2D eigenvalue weighted by Gasteiger charge is 2.59. The Morgan fingerprint density at radius 1 is 1.38 bits per heavy atom. The van der Waals surface area contributed by atoms with E-state index in [1.807, 2.05) is 6.07 Å². The number of benzene rings is 1. The van der Waals surface area contributed by atoms with E-state index in [4.69, 9.17) is 5.73 Å². The molecule has 1 amide bonds. The monoisotopic (exact) mass is 350 g/mol. The molecule has 0 aromatic heterocycles. The SMILES string of the molecule is CC12CCC(C1)C(C)(C)C2NC(=O)c1cc(N)ccc1Br. The number of carbonyl (C=O) groups excluding carboxylic acids is 1. The van der Waals surface area contributed by atoms with E-state index in [0.717, 1.165) is 10.4 Å². The zero-order valence-electron chi connectivity index (χ0n) is 12.9. The van der Waals surface area contributed by atoms with Gasteiger partial charge in [-0.3, -0.25) is 4.79 Å². The lowest BCUT2D eigenvalue weighted by molar-refractivity contribution is 0.0737. The van der Waals surface area contributed by atoms with Crippen molar-refractivity contribution >= 4 is 27.5 Å². The molecule has 2 aliphatic carbocycles. The molecule has 0 heterocycles. The van der Waals surface area contributed by atoms with E-state index >= 15 is 0 Å². The lowest BCUT2D eigenvalue weighted by Crippen LogP contribution is -2.52. The van der Waals surface area contributed by atoms with Crippen molar-refractivity contribution in [1.82, 2.24) is 5.32 Å². The fraction of sp³-hybridized carbons (Fsp3) is 0.588. The van der Waals surface area contributed by atoms with E-state index in [9.17, 15) is 4.79 Å². The number of rotatable bonds is 2. The molecular weight excluding hydrogens is 328 g/mol. The van der Waals surface area contributed by atoms with Gasteiger partial charge >= 0.3 is 0 Å². The Kier molecular flexibility index (Phi) is 3.36. The first-order chi connectivity index (χ1) is 9.74. The van der Waals surface area contributed by atoms with Crippen molar-refractivity contribution in [2.24, 2.45) is 16.7 Å². The number of hydrogen-bond acceptors (Lipinski definition) is 2. The van der Waals surface area contributed by atoms with Crippen LogP contribution in [0.15, 0.2) is 22.7 Å². The zero-order valence-corrected chi connectivity index (χ0v) is 14.5. The number of hydrogen-bond donors (Lipinski definition) is 2. The van der Waals surface area contributed by atoms with E-state index in [1.165, 1.54) is 19.3 Å². The van der Waals surface area contributed by atoms with Crippen LogP contribution in [0.5, 0.6) is 0 Å². The summed E-state index contributed by atoms with van der Waals surface area (Å²) < 4.78 is 0.792. The van der Waals surface area contributed by atoms with Gasteiger partial charge in [0, 0.05) is 16.2 Å². The standard InChI is InChI=1S/C17H23BrN2O/c1-16(2)10-6-7-17(3,9-10)15(16)20-14(21)12-8-11(19)4-5-13(12)18/h4-5,8,10,15H,6-7,9,19H2,1-3H3,(H,20,21). The molecule has 0 saturated heterocycles. The second-order valence-electron chi connectivity index (χ2n) is 7.56. The number of anilines is 1. The topological polar surface area (TPSA) is 55.1 Å². The predicted molar refractivity (Wildman–Crippen MR) is 89.0 cm³/mol. The molecule has 4 heteroatoms. The maximum Gasteiger partial charge on any atom is 0.252 e. The highest BCUT2D eigenvalue weighted by atomic mass is 79.9. The van der Waals surface area contributed by atoms with Crippen LogP contribution < -0.4 is 11.1 Å². The fourth-order valence-corrected chi connectivity index (χ4v) is 5.01. The molecule has 3 N–H and O–H groups in total. The summed E-state index contributed by atoms with van der Waals surface area (Å²) in [5, 5.41) is 3.30. The molecule has 2 fully saturated rings. The van der Waals surface area contributed by atoms with Crippen molar-refractivity contribution in [1.29, 1.82) is 0 Å². The van der Waals surface area contributed by atoms with Crippen LogP contribution in [0.25, 0.3) is 0 Å². The number of fused-ring (bicyclic) bond motifs is 2. The van der Waals surface area contributed by atoms with Crippen molar-refractivity contribution in [3.05, 3.63) is 28.2 Å². The number of nitrogens with one attached hydrogen (secondary N) is 1. The minimum absolute atomic E-state index is 0.0268. The molecule has 2 saturated carbocycles. The van der Waals surface area contributed by atoms with Crippen molar-refractivity contribution in [2.75, 3.05) is 5.73 Å². The van der Waals surface area contributed by atoms with E-state index in [2.05, 4.69) is 42.0 Å². The predicted octanol–water partition coefficient (Wildman–Crippen LogP) is 3.98. The summed E-state index contributed by atoms with van der Waals surface area (Å²) >= 11 is 3.45. The Balaban J connectivity index is 1.86. The molecule has 0 radical (unpaired) electrons. The lowest BCUT2D eigenvalue weighted by atomic mass is 9.68. The molecule has 2 aliphatic rings. The Morgan fingerprint density at radius 2 is 2.10 bits per heavy atom. The van der Waals surface area contributed by atoms with Crippen molar-refractivity contribution in [3.63, 3.8) is 0 Å². The Bertz CT molecular complexity index is 594. The van der Waals surface area contributed by atoms with Gasteiger partial charge in [0.15, 0.2) is 0 Å². The Hall–Kier alpha value is -1.03. The van der Waals surface area contributed by atoms with Crippen LogP contribution in [-0.2, 0) is 0 Å². The van der Waals surface area contributed by atoms with Gasteiger partial charge in [0.2, 0.25) is 0 Å². The van der Waals surface area contributed by atoms with Crippen molar-refractivity contribution in [3.8, 4) is 0 Å². The molecule has 0 aliphatic heterocycles. The van der Waals surface area contributed by atoms with Crippen LogP contribution in [0.1, 0.15) is 50.4 Å². The molecule has 2 bridgehead atoms. The molecule has 3 unspecified atom stereocenters. The Morgan fingerprint density at radius 3 is 2.71 bits per heavy atom. The number of carbonyl (C=O) groups is 1. The number of amides is 1. The van der Waals surface area contributed by atoms with Crippen LogP contribution >= 0.6 is 15.9 Å². The zero-order chi connectivity index (χ0) is 15.4. The maximum absolute atomic E-state index is 12.7. The summed E-state index contributed by atoms with van der Waals surface area (Å²) in [5.41, 5.74) is 7.44. The first kappa shape index (κ1) is 14.9. The van der Waals surface area contributed by atoms with Gasteiger partial charge in [0.1, 0.15) is 0 Å². The van der Waals surface area contributed by atoms with Crippen LogP contribution in [-0.4, -0.2) is 11.9 Å².